The average molecular weight is 220 g/mol. The molecule has 1 N–H and O–H groups in total. The molecule has 0 aromatic rings. The quantitative estimate of drug-likeness (QED) is 0.559. The lowest BCUT2D eigenvalue weighted by Gasteiger charge is -2.13. The van der Waals surface area contributed by atoms with Gasteiger partial charge in [-0.2, -0.15) is 0 Å². The van der Waals surface area contributed by atoms with Gasteiger partial charge in [0, 0.05) is 0 Å². The van der Waals surface area contributed by atoms with E-state index in [1.54, 1.807) is 6.92 Å². The first-order valence-electron chi connectivity index (χ1n) is 3.06. The zero-order valence-electron chi connectivity index (χ0n) is 6.43. The van der Waals surface area contributed by atoms with Gasteiger partial charge >= 0.3 is 6.09 Å². The number of alkyl carbamates (subject to hydrolysis) is 1. The van der Waals surface area contributed by atoms with Crippen LogP contribution in [0.25, 0.3) is 0 Å². The smallest absolute Gasteiger partial charge is 0.407 e. The first-order valence-corrected chi connectivity index (χ1v) is 3.98. The van der Waals surface area contributed by atoms with E-state index in [9.17, 15) is 4.79 Å². The highest BCUT2D eigenvalue weighted by molar-refractivity contribution is 9.09. The molecule has 0 aliphatic heterocycles. The van der Waals surface area contributed by atoms with Crippen molar-refractivity contribution >= 4 is 22.0 Å². The summed E-state index contributed by atoms with van der Waals surface area (Å²) in [6.07, 6.45) is 4.63. The lowest BCUT2D eigenvalue weighted by molar-refractivity contribution is 0.168. The minimum Gasteiger partial charge on any atom is -0.453 e. The second-order valence-electron chi connectivity index (χ2n) is 1.99. The first kappa shape index (κ1) is 10.3. The maximum Gasteiger partial charge on any atom is 0.407 e. The topological polar surface area (TPSA) is 38.3 Å². The number of amides is 1. The normalized spacial score (nSPS) is 14.4. The molecule has 0 fully saturated rings. The Bertz CT molecular complexity index is 176. The summed E-state index contributed by atoms with van der Waals surface area (Å²) in [5.41, 5.74) is 0. The molecule has 2 atom stereocenters. The van der Waals surface area contributed by atoms with Crippen LogP contribution in [0.15, 0.2) is 0 Å². The van der Waals surface area contributed by atoms with Gasteiger partial charge in [0.25, 0.3) is 0 Å². The Balaban J connectivity index is 3.79. The molecule has 0 aliphatic rings. The van der Waals surface area contributed by atoms with Crippen molar-refractivity contribution in [1.82, 2.24) is 5.32 Å². The molecule has 3 nitrogen and oxygen atoms in total. The molecule has 0 saturated heterocycles. The second kappa shape index (κ2) is 5.03. The van der Waals surface area contributed by atoms with E-state index in [-0.39, 0.29) is 10.9 Å². The molecule has 0 bridgehead atoms. The van der Waals surface area contributed by atoms with Crippen LogP contribution in [0.2, 0.25) is 0 Å². The predicted molar refractivity (Wildman–Crippen MR) is 46.6 cm³/mol. The molecule has 0 aromatic carbocycles. The Morgan fingerprint density at radius 2 is 2.36 bits per heavy atom. The van der Waals surface area contributed by atoms with Crippen molar-refractivity contribution in [2.75, 3.05) is 7.11 Å². The maximum absolute atomic E-state index is 10.6. The molecule has 0 spiro atoms. The molecule has 0 aliphatic carbocycles. The fourth-order valence-electron chi connectivity index (χ4n) is 0.462. The fourth-order valence-corrected chi connectivity index (χ4v) is 0.594. The standard InChI is InChI=1S/C7H10BrNO2/c1-4-6(8)5(2)9-7(10)11-3/h1,5-6H,2-3H3,(H,9,10). The van der Waals surface area contributed by atoms with E-state index in [0.717, 1.165) is 0 Å². The summed E-state index contributed by atoms with van der Waals surface area (Å²) in [6, 6.07) is -0.132. The van der Waals surface area contributed by atoms with Gasteiger partial charge in [0.2, 0.25) is 0 Å². The van der Waals surface area contributed by atoms with Crippen molar-refractivity contribution in [3.8, 4) is 12.3 Å². The third kappa shape index (κ3) is 3.89. The zero-order valence-corrected chi connectivity index (χ0v) is 8.01. The van der Waals surface area contributed by atoms with Crippen LogP contribution in [0.3, 0.4) is 0 Å². The van der Waals surface area contributed by atoms with Crippen LogP contribution in [0.5, 0.6) is 0 Å². The molecule has 62 valence electrons. The van der Waals surface area contributed by atoms with E-state index >= 15 is 0 Å². The zero-order chi connectivity index (χ0) is 8.85. The molecular weight excluding hydrogens is 210 g/mol. The predicted octanol–water partition coefficient (Wildman–Crippen LogP) is 1.13. The van der Waals surface area contributed by atoms with E-state index in [4.69, 9.17) is 6.42 Å². The largest absolute Gasteiger partial charge is 0.453 e. The Hall–Kier alpha value is -0.690. The molecule has 0 aromatic heterocycles. The van der Waals surface area contributed by atoms with Crippen LogP contribution in [-0.2, 0) is 4.74 Å². The van der Waals surface area contributed by atoms with E-state index < -0.39 is 6.09 Å². The number of rotatable bonds is 2. The molecule has 11 heavy (non-hydrogen) atoms. The van der Waals surface area contributed by atoms with Gasteiger partial charge in [0.15, 0.2) is 0 Å². The van der Waals surface area contributed by atoms with E-state index in [0.29, 0.717) is 0 Å². The van der Waals surface area contributed by atoms with Crippen molar-refractivity contribution in [3.05, 3.63) is 0 Å². The number of halogens is 1. The van der Waals surface area contributed by atoms with Crippen molar-refractivity contribution in [3.63, 3.8) is 0 Å². The van der Waals surface area contributed by atoms with Gasteiger partial charge in [-0.1, -0.05) is 21.9 Å². The summed E-state index contributed by atoms with van der Waals surface area (Å²) in [6.45, 7) is 1.79. The maximum atomic E-state index is 10.6. The van der Waals surface area contributed by atoms with Crippen LogP contribution in [-0.4, -0.2) is 24.1 Å². The summed E-state index contributed by atoms with van der Waals surface area (Å²) >= 11 is 3.19. The summed E-state index contributed by atoms with van der Waals surface area (Å²) in [7, 11) is 1.31. The highest BCUT2D eigenvalue weighted by Crippen LogP contribution is 2.03. The number of hydrogen-bond acceptors (Lipinski definition) is 2. The number of hydrogen-bond donors (Lipinski definition) is 1. The fraction of sp³-hybridized carbons (Fsp3) is 0.571. The molecule has 4 heteroatoms. The number of ether oxygens (including phenoxy) is 1. The van der Waals surface area contributed by atoms with Crippen LogP contribution in [0.1, 0.15) is 6.92 Å². The minimum absolute atomic E-state index is 0.132. The minimum atomic E-state index is -0.475. The summed E-state index contributed by atoms with van der Waals surface area (Å²) in [4.78, 5) is 10.5. The van der Waals surface area contributed by atoms with Crippen LogP contribution in [0, 0.1) is 12.3 Å². The SMILES string of the molecule is C#CC(Br)C(C)NC(=O)OC. The van der Waals surface area contributed by atoms with Gasteiger partial charge in [0.1, 0.15) is 0 Å². The van der Waals surface area contributed by atoms with Crippen molar-refractivity contribution in [2.24, 2.45) is 0 Å². The van der Waals surface area contributed by atoms with E-state index in [2.05, 4.69) is 31.9 Å². The molecule has 0 saturated carbocycles. The van der Waals surface area contributed by atoms with E-state index in [1.807, 2.05) is 0 Å². The highest BCUT2D eigenvalue weighted by Gasteiger charge is 2.13. The molecular formula is C7H10BrNO2. The van der Waals surface area contributed by atoms with Gasteiger partial charge in [-0.05, 0) is 6.92 Å². The Labute approximate surface area is 74.6 Å². The van der Waals surface area contributed by atoms with Crippen molar-refractivity contribution < 1.29 is 9.53 Å². The van der Waals surface area contributed by atoms with Crippen LogP contribution < -0.4 is 5.32 Å². The summed E-state index contributed by atoms with van der Waals surface area (Å²) < 4.78 is 4.38. The van der Waals surface area contributed by atoms with Gasteiger partial charge in [0.05, 0.1) is 18.0 Å². The second-order valence-corrected chi connectivity index (χ2v) is 2.98. The molecule has 0 radical (unpaired) electrons. The Morgan fingerprint density at radius 1 is 1.82 bits per heavy atom. The highest BCUT2D eigenvalue weighted by atomic mass is 79.9. The van der Waals surface area contributed by atoms with E-state index in [1.165, 1.54) is 7.11 Å². The van der Waals surface area contributed by atoms with Gasteiger partial charge in [-0.25, -0.2) is 4.79 Å². The van der Waals surface area contributed by atoms with Gasteiger partial charge < -0.3 is 10.1 Å². The lowest BCUT2D eigenvalue weighted by Crippen LogP contribution is -2.37. The van der Waals surface area contributed by atoms with Crippen molar-refractivity contribution in [2.45, 2.75) is 17.8 Å². The monoisotopic (exact) mass is 219 g/mol. The molecule has 2 unspecified atom stereocenters. The third-order valence-electron chi connectivity index (χ3n) is 1.13. The number of nitrogens with one attached hydrogen (secondary N) is 1. The number of methoxy groups -OCH3 is 1. The van der Waals surface area contributed by atoms with Gasteiger partial charge in [-0.15, -0.1) is 6.42 Å². The summed E-state index contributed by atoms with van der Waals surface area (Å²) in [5.74, 6) is 2.44. The lowest BCUT2D eigenvalue weighted by atomic mass is 10.2. The Kier molecular flexibility index (Phi) is 4.71. The number of alkyl halides is 1. The molecule has 0 heterocycles. The first-order chi connectivity index (χ1) is 5.11. The number of carbonyl (C=O) groups is 1. The molecule has 1 amide bonds. The van der Waals surface area contributed by atoms with Crippen molar-refractivity contribution in [1.29, 1.82) is 0 Å². The number of carbonyl (C=O) groups excluding carboxylic acids is 1. The number of terminal acetylenes is 1. The summed E-state index contributed by atoms with van der Waals surface area (Å²) in [5, 5.41) is 2.53. The van der Waals surface area contributed by atoms with Crippen LogP contribution in [0.4, 0.5) is 4.79 Å². The van der Waals surface area contributed by atoms with Crippen LogP contribution >= 0.6 is 15.9 Å². The average Bonchev–Trinajstić information content (AvgIpc) is 2.02. The molecule has 0 rings (SSSR count). The third-order valence-corrected chi connectivity index (χ3v) is 2.19. The Morgan fingerprint density at radius 3 is 2.73 bits per heavy atom. The van der Waals surface area contributed by atoms with Gasteiger partial charge in [-0.3, -0.25) is 0 Å².